The van der Waals surface area contributed by atoms with Crippen molar-refractivity contribution in [3.63, 3.8) is 0 Å². The Kier molecular flexibility index (Phi) is 4.59. The Morgan fingerprint density at radius 2 is 1.80 bits per heavy atom. The molecule has 0 fully saturated rings. The van der Waals surface area contributed by atoms with E-state index >= 15 is 0 Å². The third-order valence-electron chi connectivity index (χ3n) is 4.95. The number of rotatable bonds is 4. The van der Waals surface area contributed by atoms with Gasteiger partial charge < -0.3 is 10.5 Å². The number of carbonyl (C=O) groups is 1. The minimum absolute atomic E-state index is 0.142. The maximum absolute atomic E-state index is 11.2. The van der Waals surface area contributed by atoms with E-state index in [4.69, 9.17) is 10.5 Å². The molecule has 0 radical (unpaired) electrons. The van der Waals surface area contributed by atoms with Crippen LogP contribution >= 0.6 is 0 Å². The summed E-state index contributed by atoms with van der Waals surface area (Å²) in [6, 6.07) is 15.2. The first-order chi connectivity index (χ1) is 11.8. The van der Waals surface area contributed by atoms with E-state index < -0.39 is 6.09 Å². The number of hydrogen-bond donors (Lipinski definition) is 1. The molecule has 1 atom stereocenters. The lowest BCUT2D eigenvalue weighted by Crippen LogP contribution is -2.25. The van der Waals surface area contributed by atoms with Crippen molar-refractivity contribution in [1.82, 2.24) is 0 Å². The molecule has 0 aliphatic heterocycles. The summed E-state index contributed by atoms with van der Waals surface area (Å²) in [5.41, 5.74) is 11.2. The summed E-state index contributed by atoms with van der Waals surface area (Å²) in [7, 11) is 0. The number of fused-ring (bicyclic) bond motifs is 1. The van der Waals surface area contributed by atoms with E-state index in [0.717, 1.165) is 18.4 Å². The standard InChI is InChI=1S/C22H27NO2/c1-14(2)11-15-5-7-16(8-6-15)17-9-10-19-18(12-17)13-22(3,4)20(19)25-21(23)24/h5-10,12,14,20H,11,13H2,1-4H3,(H2,23,24)/t20-/m0/s1. The quantitative estimate of drug-likeness (QED) is 0.826. The predicted octanol–water partition coefficient (Wildman–Crippen LogP) is 5.27. The van der Waals surface area contributed by atoms with Gasteiger partial charge >= 0.3 is 6.09 Å². The molecule has 1 aliphatic carbocycles. The van der Waals surface area contributed by atoms with Gasteiger partial charge in [0.25, 0.3) is 0 Å². The van der Waals surface area contributed by atoms with Crippen LogP contribution in [-0.4, -0.2) is 6.09 Å². The molecule has 3 rings (SSSR count). The molecule has 0 saturated heterocycles. The lowest BCUT2D eigenvalue weighted by Gasteiger charge is -2.26. The number of primary amides is 1. The number of benzene rings is 2. The van der Waals surface area contributed by atoms with Crippen LogP contribution in [-0.2, 0) is 17.6 Å². The van der Waals surface area contributed by atoms with Gasteiger partial charge in [-0.3, -0.25) is 0 Å². The van der Waals surface area contributed by atoms with E-state index in [-0.39, 0.29) is 11.5 Å². The molecule has 2 aromatic rings. The number of carbonyl (C=O) groups excluding carboxylic acids is 1. The highest BCUT2D eigenvalue weighted by atomic mass is 16.6. The fraction of sp³-hybridized carbons (Fsp3) is 0.409. The van der Waals surface area contributed by atoms with Crippen molar-refractivity contribution >= 4 is 6.09 Å². The highest BCUT2D eigenvalue weighted by Crippen LogP contribution is 2.48. The zero-order chi connectivity index (χ0) is 18.2. The smallest absolute Gasteiger partial charge is 0.405 e. The molecule has 0 bridgehead atoms. The monoisotopic (exact) mass is 337 g/mol. The average molecular weight is 337 g/mol. The Labute approximate surface area is 150 Å². The Morgan fingerprint density at radius 1 is 1.16 bits per heavy atom. The molecule has 3 heteroatoms. The molecule has 0 aromatic heterocycles. The predicted molar refractivity (Wildman–Crippen MR) is 101 cm³/mol. The molecule has 0 unspecified atom stereocenters. The lowest BCUT2D eigenvalue weighted by atomic mass is 9.87. The van der Waals surface area contributed by atoms with Gasteiger partial charge in [-0.05, 0) is 46.6 Å². The third-order valence-corrected chi connectivity index (χ3v) is 4.95. The van der Waals surface area contributed by atoms with Crippen LogP contribution in [0.4, 0.5) is 4.79 Å². The minimum atomic E-state index is -0.712. The van der Waals surface area contributed by atoms with E-state index in [1.54, 1.807) is 0 Å². The number of hydrogen-bond acceptors (Lipinski definition) is 2. The molecule has 1 amide bonds. The van der Waals surface area contributed by atoms with Gasteiger partial charge in [-0.2, -0.15) is 0 Å². The molecule has 1 aliphatic rings. The van der Waals surface area contributed by atoms with Crippen LogP contribution in [0.5, 0.6) is 0 Å². The van der Waals surface area contributed by atoms with Gasteiger partial charge in [-0.15, -0.1) is 0 Å². The van der Waals surface area contributed by atoms with Gasteiger partial charge in [0.15, 0.2) is 0 Å². The van der Waals surface area contributed by atoms with Crippen molar-refractivity contribution in [2.24, 2.45) is 17.1 Å². The first-order valence-electron chi connectivity index (χ1n) is 8.94. The second kappa shape index (κ2) is 6.55. The zero-order valence-electron chi connectivity index (χ0n) is 15.5. The Balaban J connectivity index is 1.88. The van der Waals surface area contributed by atoms with Crippen molar-refractivity contribution in [3.05, 3.63) is 59.2 Å². The zero-order valence-corrected chi connectivity index (χ0v) is 15.5. The van der Waals surface area contributed by atoms with Crippen LogP contribution in [0, 0.1) is 11.3 Å². The lowest BCUT2D eigenvalue weighted by molar-refractivity contribution is 0.0392. The number of ether oxygens (including phenoxy) is 1. The fourth-order valence-electron chi connectivity index (χ4n) is 3.84. The van der Waals surface area contributed by atoms with Crippen LogP contribution in [0.1, 0.15) is 50.5 Å². The summed E-state index contributed by atoms with van der Waals surface area (Å²) in [4.78, 5) is 11.2. The van der Waals surface area contributed by atoms with Crippen molar-refractivity contribution in [2.45, 2.75) is 46.6 Å². The topological polar surface area (TPSA) is 52.3 Å². The Bertz CT molecular complexity index is 775. The molecule has 2 aromatic carbocycles. The maximum atomic E-state index is 11.2. The first kappa shape index (κ1) is 17.5. The van der Waals surface area contributed by atoms with Crippen molar-refractivity contribution in [1.29, 1.82) is 0 Å². The second-order valence-corrected chi connectivity index (χ2v) is 8.19. The normalized spacial score (nSPS) is 18.2. The van der Waals surface area contributed by atoms with E-state index in [9.17, 15) is 4.79 Å². The fourth-order valence-corrected chi connectivity index (χ4v) is 3.84. The van der Waals surface area contributed by atoms with Crippen molar-refractivity contribution < 1.29 is 9.53 Å². The van der Waals surface area contributed by atoms with Crippen LogP contribution in [0.25, 0.3) is 11.1 Å². The van der Waals surface area contributed by atoms with Gasteiger partial charge in [0.2, 0.25) is 0 Å². The van der Waals surface area contributed by atoms with Gasteiger partial charge in [0, 0.05) is 5.41 Å². The second-order valence-electron chi connectivity index (χ2n) is 8.19. The Morgan fingerprint density at radius 3 is 2.40 bits per heavy atom. The first-order valence-corrected chi connectivity index (χ1v) is 8.94. The molecule has 25 heavy (non-hydrogen) atoms. The summed E-state index contributed by atoms with van der Waals surface area (Å²) >= 11 is 0. The minimum Gasteiger partial charge on any atom is -0.441 e. The van der Waals surface area contributed by atoms with Gasteiger partial charge in [-0.1, -0.05) is 70.2 Å². The number of amides is 1. The molecular formula is C22H27NO2. The number of nitrogens with two attached hydrogens (primary N) is 1. The van der Waals surface area contributed by atoms with Crippen LogP contribution in [0.2, 0.25) is 0 Å². The highest BCUT2D eigenvalue weighted by Gasteiger charge is 2.41. The Hall–Kier alpha value is -2.29. The molecule has 0 spiro atoms. The highest BCUT2D eigenvalue weighted by molar-refractivity contribution is 5.68. The average Bonchev–Trinajstić information content (AvgIpc) is 2.76. The summed E-state index contributed by atoms with van der Waals surface area (Å²) in [5.74, 6) is 0.662. The van der Waals surface area contributed by atoms with Crippen LogP contribution < -0.4 is 5.73 Å². The van der Waals surface area contributed by atoms with E-state index in [0.29, 0.717) is 5.92 Å². The summed E-state index contributed by atoms with van der Waals surface area (Å²) in [6.45, 7) is 8.70. The SMILES string of the molecule is CC(C)Cc1ccc(-c2ccc3c(c2)CC(C)(C)[C@H]3OC(N)=O)cc1. The van der Waals surface area contributed by atoms with Crippen LogP contribution in [0.15, 0.2) is 42.5 Å². The molecule has 0 saturated carbocycles. The summed E-state index contributed by atoms with van der Waals surface area (Å²) in [5, 5.41) is 0. The van der Waals surface area contributed by atoms with Crippen LogP contribution in [0.3, 0.4) is 0 Å². The maximum Gasteiger partial charge on any atom is 0.405 e. The molecular weight excluding hydrogens is 310 g/mol. The van der Waals surface area contributed by atoms with Gasteiger partial charge in [0.1, 0.15) is 6.10 Å². The van der Waals surface area contributed by atoms with Gasteiger partial charge in [-0.25, -0.2) is 4.79 Å². The summed E-state index contributed by atoms with van der Waals surface area (Å²) < 4.78 is 5.39. The third kappa shape index (κ3) is 3.71. The van der Waals surface area contributed by atoms with E-state index in [1.165, 1.54) is 22.3 Å². The summed E-state index contributed by atoms with van der Waals surface area (Å²) in [6.07, 6.45) is 0.989. The van der Waals surface area contributed by atoms with E-state index in [1.807, 2.05) is 0 Å². The van der Waals surface area contributed by atoms with Crippen molar-refractivity contribution in [3.8, 4) is 11.1 Å². The molecule has 0 heterocycles. The molecule has 3 nitrogen and oxygen atoms in total. The molecule has 132 valence electrons. The largest absolute Gasteiger partial charge is 0.441 e. The van der Waals surface area contributed by atoms with Gasteiger partial charge in [0.05, 0.1) is 0 Å². The van der Waals surface area contributed by atoms with E-state index in [2.05, 4.69) is 70.2 Å². The van der Waals surface area contributed by atoms with Crippen molar-refractivity contribution in [2.75, 3.05) is 0 Å². The molecule has 2 N–H and O–H groups in total.